The summed E-state index contributed by atoms with van der Waals surface area (Å²) in [7, 11) is 1.77. The first kappa shape index (κ1) is 18.8. The van der Waals surface area contributed by atoms with Crippen molar-refractivity contribution in [3.8, 4) is 0 Å². The van der Waals surface area contributed by atoms with Gasteiger partial charge in [0.05, 0.1) is 16.9 Å². The van der Waals surface area contributed by atoms with Gasteiger partial charge in [-0.05, 0) is 42.8 Å². The predicted octanol–water partition coefficient (Wildman–Crippen LogP) is 4.29. The molecule has 1 heterocycles. The predicted molar refractivity (Wildman–Crippen MR) is 109 cm³/mol. The van der Waals surface area contributed by atoms with Crippen molar-refractivity contribution in [3.05, 3.63) is 68.9 Å². The van der Waals surface area contributed by atoms with Crippen LogP contribution in [0.4, 0.5) is 17.1 Å². The number of benzene rings is 2. The third-order valence-corrected chi connectivity index (χ3v) is 4.72. The van der Waals surface area contributed by atoms with Gasteiger partial charge in [0, 0.05) is 46.7 Å². The van der Waals surface area contributed by atoms with Gasteiger partial charge in [-0.1, -0.05) is 15.9 Å². The van der Waals surface area contributed by atoms with Gasteiger partial charge in [-0.15, -0.1) is 0 Å². The Hall–Kier alpha value is -3.00. The van der Waals surface area contributed by atoms with Crippen molar-refractivity contribution in [2.75, 3.05) is 23.8 Å². The Labute approximate surface area is 164 Å². The number of non-ortho nitro benzene ring substituents is 1. The molecule has 0 saturated heterocycles. The highest BCUT2D eigenvalue weighted by atomic mass is 79.9. The lowest BCUT2D eigenvalue weighted by Gasteiger charge is -2.21. The molecule has 138 valence electrons. The van der Waals surface area contributed by atoms with Crippen LogP contribution in [-0.2, 0) is 4.79 Å². The number of nitro groups is 1. The fourth-order valence-electron chi connectivity index (χ4n) is 2.91. The van der Waals surface area contributed by atoms with E-state index >= 15 is 0 Å². The normalized spacial score (nSPS) is 10.6. The number of aryl methyl sites for hydroxylation is 1. The number of aromatic nitrogens is 1. The Bertz CT molecular complexity index is 1040. The molecule has 0 saturated carbocycles. The average Bonchev–Trinajstić information content (AvgIpc) is 2.62. The molecule has 2 aromatic carbocycles. The molecule has 27 heavy (non-hydrogen) atoms. The van der Waals surface area contributed by atoms with Crippen molar-refractivity contribution < 1.29 is 9.72 Å². The van der Waals surface area contributed by atoms with E-state index in [1.54, 1.807) is 30.3 Å². The number of carbonyl (C=O) groups is 1. The Balaban J connectivity index is 1.84. The van der Waals surface area contributed by atoms with Gasteiger partial charge in [-0.3, -0.25) is 19.9 Å². The molecule has 1 amide bonds. The second-order valence-electron chi connectivity index (χ2n) is 6.15. The summed E-state index contributed by atoms with van der Waals surface area (Å²) < 4.78 is 0.945. The van der Waals surface area contributed by atoms with Crippen LogP contribution in [0.2, 0.25) is 0 Å². The number of anilines is 2. The molecule has 0 aliphatic carbocycles. The number of hydrogen-bond acceptors (Lipinski definition) is 5. The summed E-state index contributed by atoms with van der Waals surface area (Å²) in [6, 6.07) is 10.4. The van der Waals surface area contributed by atoms with E-state index in [2.05, 4.69) is 26.2 Å². The summed E-state index contributed by atoms with van der Waals surface area (Å²) in [4.78, 5) is 29.0. The number of likely N-dealkylation sites (N-methyl/N-ethyl adjacent to an activating group) is 1. The maximum Gasteiger partial charge on any atom is 0.278 e. The van der Waals surface area contributed by atoms with Gasteiger partial charge >= 0.3 is 0 Å². The van der Waals surface area contributed by atoms with Crippen LogP contribution in [0.5, 0.6) is 0 Å². The van der Waals surface area contributed by atoms with Crippen molar-refractivity contribution in [3.63, 3.8) is 0 Å². The third kappa shape index (κ3) is 4.06. The first-order valence-electron chi connectivity index (χ1n) is 8.15. The van der Waals surface area contributed by atoms with Crippen molar-refractivity contribution in [2.24, 2.45) is 0 Å². The van der Waals surface area contributed by atoms with E-state index in [0.29, 0.717) is 10.8 Å². The molecule has 1 N–H and O–H groups in total. The number of nitrogens with one attached hydrogen (secondary N) is 1. The van der Waals surface area contributed by atoms with Crippen LogP contribution in [0.25, 0.3) is 10.8 Å². The second kappa shape index (κ2) is 7.71. The number of carbonyl (C=O) groups excluding carboxylic acids is 1. The van der Waals surface area contributed by atoms with Gasteiger partial charge in [-0.25, -0.2) is 0 Å². The van der Waals surface area contributed by atoms with Gasteiger partial charge < -0.3 is 10.2 Å². The summed E-state index contributed by atoms with van der Waals surface area (Å²) >= 11 is 3.40. The maximum absolute atomic E-state index is 12.5. The molecule has 8 heteroatoms. The Morgan fingerprint density at radius 1 is 1.26 bits per heavy atom. The number of fused-ring (bicyclic) bond motifs is 1. The molecule has 3 rings (SSSR count). The van der Waals surface area contributed by atoms with Crippen LogP contribution < -0.4 is 10.2 Å². The number of pyridine rings is 1. The van der Waals surface area contributed by atoms with Crippen molar-refractivity contribution in [1.82, 2.24) is 4.98 Å². The summed E-state index contributed by atoms with van der Waals surface area (Å²) in [5.74, 6) is -0.177. The smallest absolute Gasteiger partial charge is 0.278 e. The van der Waals surface area contributed by atoms with E-state index in [-0.39, 0.29) is 18.1 Å². The minimum absolute atomic E-state index is 0.00908. The molecule has 0 spiro atoms. The molecule has 1 aromatic heterocycles. The first-order valence-corrected chi connectivity index (χ1v) is 8.94. The van der Waals surface area contributed by atoms with Crippen LogP contribution in [0.1, 0.15) is 5.56 Å². The largest absolute Gasteiger partial charge is 0.365 e. The quantitative estimate of drug-likeness (QED) is 0.483. The topological polar surface area (TPSA) is 88.4 Å². The third-order valence-electron chi connectivity index (χ3n) is 4.22. The molecule has 7 nitrogen and oxygen atoms in total. The lowest BCUT2D eigenvalue weighted by Crippen LogP contribution is -2.30. The number of nitro benzene ring substituents is 1. The van der Waals surface area contributed by atoms with Crippen molar-refractivity contribution in [1.29, 1.82) is 0 Å². The molecule has 3 aromatic rings. The zero-order valence-corrected chi connectivity index (χ0v) is 16.4. The average molecular weight is 429 g/mol. The fraction of sp³-hybridized carbons (Fsp3) is 0.158. The maximum atomic E-state index is 12.5. The highest BCUT2D eigenvalue weighted by Crippen LogP contribution is 2.32. The Kier molecular flexibility index (Phi) is 5.36. The Morgan fingerprint density at radius 3 is 2.74 bits per heavy atom. The van der Waals surface area contributed by atoms with Crippen LogP contribution in [-0.4, -0.2) is 29.4 Å². The van der Waals surface area contributed by atoms with E-state index in [1.807, 2.05) is 25.1 Å². The van der Waals surface area contributed by atoms with Gasteiger partial charge in [-0.2, -0.15) is 0 Å². The first-order chi connectivity index (χ1) is 12.9. The molecule has 0 aliphatic heterocycles. The summed E-state index contributed by atoms with van der Waals surface area (Å²) in [5, 5.41) is 15.2. The minimum atomic E-state index is -0.434. The molecule has 0 bridgehead atoms. The summed E-state index contributed by atoms with van der Waals surface area (Å²) in [5.41, 5.74) is 2.41. The molecule has 0 aliphatic rings. The number of nitrogens with zero attached hydrogens (tertiary/aromatic N) is 3. The highest BCUT2D eigenvalue weighted by molar-refractivity contribution is 9.10. The summed E-state index contributed by atoms with van der Waals surface area (Å²) in [6.45, 7) is 2.02. The van der Waals surface area contributed by atoms with Gasteiger partial charge in [0.25, 0.3) is 5.69 Å². The zero-order valence-electron chi connectivity index (χ0n) is 14.8. The molecule has 0 atom stereocenters. The van der Waals surface area contributed by atoms with Crippen LogP contribution >= 0.6 is 15.9 Å². The molecule has 0 unspecified atom stereocenters. The van der Waals surface area contributed by atoms with E-state index in [0.717, 1.165) is 21.4 Å². The molecule has 0 radical (unpaired) electrons. The molecular formula is C19H17BrN4O3. The molecular weight excluding hydrogens is 412 g/mol. The fourth-order valence-corrected chi connectivity index (χ4v) is 3.38. The van der Waals surface area contributed by atoms with Gasteiger partial charge in [0.1, 0.15) is 0 Å². The number of rotatable bonds is 5. The van der Waals surface area contributed by atoms with E-state index in [1.165, 1.54) is 12.3 Å². The monoisotopic (exact) mass is 428 g/mol. The number of halogens is 1. The van der Waals surface area contributed by atoms with Crippen LogP contribution in [0.3, 0.4) is 0 Å². The van der Waals surface area contributed by atoms with Gasteiger partial charge in [0.15, 0.2) is 0 Å². The molecule has 0 fully saturated rings. The lowest BCUT2D eigenvalue weighted by molar-refractivity contribution is -0.383. The minimum Gasteiger partial charge on any atom is -0.365 e. The number of amides is 1. The van der Waals surface area contributed by atoms with E-state index in [4.69, 9.17) is 0 Å². The summed E-state index contributed by atoms with van der Waals surface area (Å²) in [6.07, 6.45) is 3.05. The highest BCUT2D eigenvalue weighted by Gasteiger charge is 2.17. The lowest BCUT2D eigenvalue weighted by atomic mass is 10.1. The number of hydrogen-bond donors (Lipinski definition) is 1. The van der Waals surface area contributed by atoms with Crippen molar-refractivity contribution in [2.45, 2.75) is 6.92 Å². The SMILES string of the molecule is Cc1cc(Br)ccc1NC(=O)CN(C)c1ccc([N+](=O)[O-])c2cnccc12. The van der Waals surface area contributed by atoms with Crippen LogP contribution in [0, 0.1) is 17.0 Å². The van der Waals surface area contributed by atoms with E-state index in [9.17, 15) is 14.9 Å². The standard InChI is InChI=1S/C19H17BrN4O3/c1-12-9-13(20)3-4-16(12)22-19(25)11-23(2)17-5-6-18(24(26)27)15-10-21-8-7-14(15)17/h3-10H,11H2,1-2H3,(H,22,25). The second-order valence-corrected chi connectivity index (χ2v) is 7.06. The Morgan fingerprint density at radius 2 is 2.04 bits per heavy atom. The zero-order chi connectivity index (χ0) is 19.6. The van der Waals surface area contributed by atoms with Crippen molar-refractivity contribution >= 4 is 49.7 Å². The van der Waals surface area contributed by atoms with Gasteiger partial charge in [0.2, 0.25) is 5.91 Å². The van der Waals surface area contributed by atoms with Crippen LogP contribution in [0.15, 0.2) is 53.3 Å². The van der Waals surface area contributed by atoms with E-state index < -0.39 is 4.92 Å².